The van der Waals surface area contributed by atoms with Gasteiger partial charge in [0.1, 0.15) is 12.5 Å². The van der Waals surface area contributed by atoms with E-state index in [1.54, 1.807) is 0 Å². The number of benzene rings is 1. The summed E-state index contributed by atoms with van der Waals surface area (Å²) < 4.78 is 39.6. The molecular formula is C34H55F2N5OS. The van der Waals surface area contributed by atoms with Gasteiger partial charge in [-0.3, -0.25) is 20.4 Å². The molecule has 1 aromatic carbocycles. The first-order valence-corrected chi connectivity index (χ1v) is 18.0. The van der Waals surface area contributed by atoms with Crippen LogP contribution in [0.5, 0.6) is 0 Å². The van der Waals surface area contributed by atoms with Crippen molar-refractivity contribution in [3.05, 3.63) is 34.9 Å². The molecule has 5 fully saturated rings. The molecule has 242 valence electrons. The monoisotopic (exact) mass is 619 g/mol. The molecule has 8 atom stereocenters. The quantitative estimate of drug-likeness (QED) is 0.340. The van der Waals surface area contributed by atoms with Crippen molar-refractivity contribution in [1.29, 1.82) is 0 Å². The molecule has 3 N–H and O–H groups in total. The molecule has 3 aliphatic heterocycles. The lowest BCUT2D eigenvalue weighted by Crippen LogP contribution is -2.62. The van der Waals surface area contributed by atoms with Crippen molar-refractivity contribution in [2.45, 2.75) is 140 Å². The predicted octanol–water partition coefficient (Wildman–Crippen LogP) is 6.34. The van der Waals surface area contributed by atoms with E-state index in [1.165, 1.54) is 42.4 Å². The summed E-state index contributed by atoms with van der Waals surface area (Å²) in [7, 11) is 0. The van der Waals surface area contributed by atoms with Crippen LogP contribution in [0.25, 0.3) is 0 Å². The molecule has 43 heavy (non-hydrogen) atoms. The Kier molecular flexibility index (Phi) is 10.4. The third kappa shape index (κ3) is 7.95. The van der Waals surface area contributed by atoms with E-state index in [0.29, 0.717) is 29.9 Å². The molecule has 9 heteroatoms. The lowest BCUT2D eigenvalue weighted by molar-refractivity contribution is -0.111. The van der Waals surface area contributed by atoms with Crippen LogP contribution in [0.1, 0.15) is 101 Å². The third-order valence-corrected chi connectivity index (χ3v) is 12.0. The predicted molar refractivity (Wildman–Crippen MR) is 172 cm³/mol. The molecule has 6 rings (SSSR count). The number of hydrogen-bond acceptors (Lipinski definition) is 7. The first-order chi connectivity index (χ1) is 20.6. The van der Waals surface area contributed by atoms with E-state index >= 15 is 0 Å². The Balaban J connectivity index is 1.32. The highest BCUT2D eigenvalue weighted by atomic mass is 32.2. The Hall–Kier alpha value is -0.810. The van der Waals surface area contributed by atoms with Gasteiger partial charge in [-0.05, 0) is 80.9 Å². The Morgan fingerprint density at radius 2 is 1.77 bits per heavy atom. The normalized spacial score (nSPS) is 38.0. The zero-order valence-corrected chi connectivity index (χ0v) is 27.6. The van der Waals surface area contributed by atoms with Crippen LogP contribution in [0, 0.1) is 25.7 Å². The molecule has 6 unspecified atom stereocenters. The smallest absolute Gasteiger partial charge is 0.248 e. The van der Waals surface area contributed by atoms with Crippen LogP contribution in [0.4, 0.5) is 8.78 Å². The average Bonchev–Trinajstić information content (AvgIpc) is 3.10. The fourth-order valence-electron chi connectivity index (χ4n) is 8.76. The van der Waals surface area contributed by atoms with Crippen LogP contribution in [-0.4, -0.2) is 77.9 Å². The molecule has 0 amide bonds. The number of alkyl halides is 2. The first-order valence-electron chi connectivity index (χ1n) is 17.1. The van der Waals surface area contributed by atoms with Crippen molar-refractivity contribution in [2.24, 2.45) is 11.8 Å². The number of halogens is 2. The van der Waals surface area contributed by atoms with E-state index in [1.807, 2.05) is 11.9 Å². The zero-order chi connectivity index (χ0) is 30.1. The van der Waals surface area contributed by atoms with E-state index in [4.69, 9.17) is 4.74 Å². The van der Waals surface area contributed by atoms with Gasteiger partial charge >= 0.3 is 0 Å². The van der Waals surface area contributed by atoms with Gasteiger partial charge in [-0.1, -0.05) is 50.4 Å². The van der Waals surface area contributed by atoms with Crippen molar-refractivity contribution in [3.63, 3.8) is 0 Å². The SMILES string of the molecule is Cc1cccc(C)c1C1CC2NC(NSC3CCCC(C3)CN3CCN(C4CCC(F)(F)CC4)[C@H](CC(C)C)[C@H](C3)O2)N1. The topological polar surface area (TPSA) is 51.8 Å². The maximum atomic E-state index is 14.3. The molecule has 0 aromatic heterocycles. The van der Waals surface area contributed by atoms with Gasteiger partial charge in [-0.15, -0.1) is 0 Å². The molecule has 2 saturated carbocycles. The van der Waals surface area contributed by atoms with E-state index in [0.717, 1.165) is 39.0 Å². The average molecular weight is 620 g/mol. The molecule has 0 radical (unpaired) electrons. The summed E-state index contributed by atoms with van der Waals surface area (Å²) in [6.45, 7) is 13.0. The van der Waals surface area contributed by atoms with Crippen molar-refractivity contribution in [3.8, 4) is 0 Å². The van der Waals surface area contributed by atoms with Gasteiger partial charge in [0.2, 0.25) is 5.92 Å². The highest BCUT2D eigenvalue weighted by Gasteiger charge is 2.44. The number of ether oxygens (including phenoxy) is 1. The van der Waals surface area contributed by atoms with Gasteiger partial charge < -0.3 is 4.74 Å². The summed E-state index contributed by atoms with van der Waals surface area (Å²) >= 11 is 1.91. The van der Waals surface area contributed by atoms with E-state index in [2.05, 4.69) is 71.0 Å². The largest absolute Gasteiger partial charge is 0.357 e. The molecular weight excluding hydrogens is 564 g/mol. The summed E-state index contributed by atoms with van der Waals surface area (Å²) in [5.41, 5.74) is 4.01. The summed E-state index contributed by atoms with van der Waals surface area (Å²) in [4.78, 5) is 5.31. The fourth-order valence-corrected chi connectivity index (χ4v) is 9.88. The molecule has 2 aliphatic carbocycles. The van der Waals surface area contributed by atoms with Crippen LogP contribution in [0.2, 0.25) is 0 Å². The molecule has 6 bridgehead atoms. The fraction of sp³-hybridized carbons (Fsp3) is 0.824. The highest BCUT2D eigenvalue weighted by Crippen LogP contribution is 2.39. The number of hydrogen-bond donors (Lipinski definition) is 3. The van der Waals surface area contributed by atoms with Gasteiger partial charge in [-0.25, -0.2) is 13.5 Å². The van der Waals surface area contributed by atoms with Gasteiger partial charge in [0.05, 0.1) is 6.10 Å². The number of nitrogens with zero attached hydrogens (tertiary/aromatic N) is 2. The summed E-state index contributed by atoms with van der Waals surface area (Å²) in [5.74, 6) is -1.31. The van der Waals surface area contributed by atoms with Gasteiger partial charge in [0.25, 0.3) is 0 Å². The lowest BCUT2D eigenvalue weighted by Gasteiger charge is -2.45. The standard InChI is InChI=1S/C34H55F2N5OS/c1-22(2)17-29-30-21-40(15-16-41(29)26-11-13-34(35,36)14-12-26)20-25-9-6-10-27(18-25)43-39-33-37-28(19-31(38-33)42-30)32-23(3)7-5-8-24(32)4/h5,7-8,22,25-31,33,37-39H,6,9-21H2,1-4H3/t25?,27?,28?,29-,30+,31?,33?/m1/s1. The van der Waals surface area contributed by atoms with Crippen molar-refractivity contribution >= 4 is 11.9 Å². The maximum absolute atomic E-state index is 14.3. The maximum Gasteiger partial charge on any atom is 0.248 e. The third-order valence-electron chi connectivity index (χ3n) is 10.8. The second kappa shape index (κ2) is 13.9. The van der Waals surface area contributed by atoms with Crippen LogP contribution < -0.4 is 15.4 Å². The van der Waals surface area contributed by atoms with Crippen molar-refractivity contribution in [1.82, 2.24) is 25.2 Å². The lowest BCUT2D eigenvalue weighted by atomic mass is 9.88. The van der Waals surface area contributed by atoms with Crippen LogP contribution in [-0.2, 0) is 4.74 Å². The van der Waals surface area contributed by atoms with Gasteiger partial charge in [-0.2, -0.15) is 0 Å². The molecule has 6 nitrogen and oxygen atoms in total. The summed E-state index contributed by atoms with van der Waals surface area (Å²) in [6.07, 6.45) is 8.02. The second-order valence-electron chi connectivity index (χ2n) is 14.7. The molecule has 1 aromatic rings. The summed E-state index contributed by atoms with van der Waals surface area (Å²) in [6, 6.07) is 7.20. The van der Waals surface area contributed by atoms with E-state index < -0.39 is 5.92 Å². The Bertz CT molecular complexity index is 1050. The van der Waals surface area contributed by atoms with E-state index in [9.17, 15) is 8.78 Å². The van der Waals surface area contributed by atoms with Crippen LogP contribution >= 0.6 is 11.9 Å². The van der Waals surface area contributed by atoms with E-state index in [-0.39, 0.29) is 49.6 Å². The van der Waals surface area contributed by atoms with Crippen LogP contribution in [0.3, 0.4) is 0 Å². The van der Waals surface area contributed by atoms with Crippen molar-refractivity contribution in [2.75, 3.05) is 26.2 Å². The van der Waals surface area contributed by atoms with Gasteiger partial charge in [0, 0.05) is 68.8 Å². The second-order valence-corrected chi connectivity index (χ2v) is 15.8. The molecule has 3 heterocycles. The minimum Gasteiger partial charge on any atom is -0.357 e. The minimum absolute atomic E-state index is 0.0135. The van der Waals surface area contributed by atoms with Crippen molar-refractivity contribution < 1.29 is 13.5 Å². The first kappa shape index (κ1) is 32.1. The van der Waals surface area contributed by atoms with Gasteiger partial charge in [0.15, 0.2) is 0 Å². The Morgan fingerprint density at radius 3 is 2.51 bits per heavy atom. The van der Waals surface area contributed by atoms with Crippen LogP contribution in [0.15, 0.2) is 18.2 Å². The number of rotatable bonds is 4. The zero-order valence-electron chi connectivity index (χ0n) is 26.8. The molecule has 0 spiro atoms. The number of nitrogens with one attached hydrogen (secondary N) is 3. The highest BCUT2D eigenvalue weighted by molar-refractivity contribution is 7.98. The Labute approximate surface area is 262 Å². The number of fused-ring (bicyclic) bond motifs is 6. The Morgan fingerprint density at radius 1 is 1.00 bits per heavy atom. The molecule has 3 saturated heterocycles. The number of aryl methyl sites for hydroxylation is 2. The molecule has 5 aliphatic rings. The summed E-state index contributed by atoms with van der Waals surface area (Å²) in [5, 5.41) is 8.31. The minimum atomic E-state index is -2.51.